The summed E-state index contributed by atoms with van der Waals surface area (Å²) in [6.45, 7) is 4.44. The van der Waals surface area contributed by atoms with Crippen LogP contribution < -0.4 is 10.6 Å². The summed E-state index contributed by atoms with van der Waals surface area (Å²) in [6.07, 6.45) is 3.82. The molecule has 1 aromatic carbocycles. The monoisotopic (exact) mass is 459 g/mol. The Kier molecular flexibility index (Phi) is 6.81. The van der Waals surface area contributed by atoms with Crippen molar-refractivity contribution in [2.75, 3.05) is 18.5 Å². The normalized spacial score (nSPS) is 30.6. The number of nitrogens with zero attached hydrogens (tertiary/aromatic N) is 1. The predicted molar refractivity (Wildman–Crippen MR) is 125 cm³/mol. The number of benzene rings is 1. The molecule has 0 aromatic heterocycles. The maximum atomic E-state index is 13.7. The van der Waals surface area contributed by atoms with Gasteiger partial charge in [-0.1, -0.05) is 18.2 Å². The van der Waals surface area contributed by atoms with Gasteiger partial charge in [0.05, 0.1) is 16.6 Å². The summed E-state index contributed by atoms with van der Waals surface area (Å²) in [5.41, 5.74) is 0.722. The number of rotatable bonds is 9. The van der Waals surface area contributed by atoms with Crippen LogP contribution >= 0.6 is 11.8 Å². The van der Waals surface area contributed by atoms with E-state index in [1.165, 1.54) is 0 Å². The average Bonchev–Trinajstić information content (AvgIpc) is 3.39. The van der Waals surface area contributed by atoms with Crippen LogP contribution in [0, 0.1) is 11.8 Å². The minimum atomic E-state index is -0.555. The molecule has 8 heteroatoms. The Bertz CT molecular complexity index is 864. The minimum Gasteiger partial charge on any atom is -0.396 e. The Hall–Kier alpha value is -2.06. The SMILES string of the molecule is CC(C)NC(=O)C1N(CCCCCO)C(=O)[C@@H]2[C@H](C(=O)Nc3ccccc3)[C@@H]3CCC12S3. The molecule has 4 rings (SSSR count). The number of anilines is 1. The minimum absolute atomic E-state index is 0.0231. The highest BCUT2D eigenvalue weighted by Crippen LogP contribution is 2.66. The highest BCUT2D eigenvalue weighted by atomic mass is 32.2. The van der Waals surface area contributed by atoms with E-state index >= 15 is 0 Å². The van der Waals surface area contributed by atoms with Crippen LogP contribution in [0.3, 0.4) is 0 Å². The summed E-state index contributed by atoms with van der Waals surface area (Å²) in [4.78, 5) is 42.1. The van der Waals surface area contributed by atoms with Gasteiger partial charge in [0, 0.05) is 30.1 Å². The molecule has 0 aliphatic carbocycles. The number of nitrogens with one attached hydrogen (secondary N) is 2. The topological polar surface area (TPSA) is 98.7 Å². The van der Waals surface area contributed by atoms with E-state index in [4.69, 9.17) is 5.11 Å². The van der Waals surface area contributed by atoms with Crippen molar-refractivity contribution in [1.82, 2.24) is 10.2 Å². The summed E-state index contributed by atoms with van der Waals surface area (Å²) in [5.74, 6) is -1.22. The third kappa shape index (κ3) is 4.03. The zero-order valence-electron chi connectivity index (χ0n) is 18.8. The Morgan fingerprint density at radius 2 is 1.94 bits per heavy atom. The fraction of sp³-hybridized carbons (Fsp3) is 0.625. The van der Waals surface area contributed by atoms with Gasteiger partial charge in [-0.05, 0) is 58.1 Å². The first-order valence-electron chi connectivity index (χ1n) is 11.6. The van der Waals surface area contributed by atoms with E-state index in [-0.39, 0.29) is 35.6 Å². The van der Waals surface area contributed by atoms with Crippen molar-refractivity contribution in [3.05, 3.63) is 30.3 Å². The second-order valence-electron chi connectivity index (χ2n) is 9.39. The molecule has 0 radical (unpaired) electrons. The van der Waals surface area contributed by atoms with E-state index in [1.54, 1.807) is 16.7 Å². The summed E-state index contributed by atoms with van der Waals surface area (Å²) >= 11 is 1.69. The highest BCUT2D eigenvalue weighted by molar-refractivity contribution is 8.02. The first kappa shape index (κ1) is 23.1. The van der Waals surface area contributed by atoms with Crippen LogP contribution in [0.2, 0.25) is 0 Å². The van der Waals surface area contributed by atoms with Crippen molar-refractivity contribution >= 4 is 35.2 Å². The number of carbonyl (C=O) groups is 3. The van der Waals surface area contributed by atoms with E-state index < -0.39 is 22.6 Å². The fourth-order valence-electron chi connectivity index (χ4n) is 5.68. The van der Waals surface area contributed by atoms with E-state index in [0.717, 1.165) is 31.4 Å². The number of fused-ring (bicyclic) bond motifs is 1. The molecule has 3 aliphatic heterocycles. The van der Waals surface area contributed by atoms with Crippen LogP contribution in [0.15, 0.2) is 30.3 Å². The zero-order valence-corrected chi connectivity index (χ0v) is 19.6. The molecule has 5 atom stereocenters. The van der Waals surface area contributed by atoms with Gasteiger partial charge in [0.15, 0.2) is 0 Å². The van der Waals surface area contributed by atoms with Gasteiger partial charge >= 0.3 is 0 Å². The van der Waals surface area contributed by atoms with Crippen molar-refractivity contribution in [3.8, 4) is 0 Å². The first-order chi connectivity index (χ1) is 15.4. The molecule has 3 heterocycles. The Balaban J connectivity index is 1.61. The fourth-order valence-corrected chi connectivity index (χ4v) is 7.90. The molecular formula is C24H33N3O4S. The van der Waals surface area contributed by atoms with Gasteiger partial charge in [-0.25, -0.2) is 0 Å². The second-order valence-corrected chi connectivity index (χ2v) is 11.0. The molecule has 1 spiro atoms. The molecule has 0 saturated carbocycles. The van der Waals surface area contributed by atoms with Crippen molar-refractivity contribution in [3.63, 3.8) is 0 Å². The third-order valence-electron chi connectivity index (χ3n) is 6.88. The molecule has 3 N–H and O–H groups in total. The lowest BCUT2D eigenvalue weighted by molar-refractivity contribution is -0.139. The number of thioether (sulfide) groups is 1. The largest absolute Gasteiger partial charge is 0.396 e. The van der Waals surface area contributed by atoms with Crippen molar-refractivity contribution in [1.29, 1.82) is 0 Å². The van der Waals surface area contributed by atoms with Gasteiger partial charge in [-0.3, -0.25) is 14.4 Å². The van der Waals surface area contributed by atoms with Crippen LogP contribution in [0.4, 0.5) is 5.69 Å². The molecule has 3 fully saturated rings. The third-order valence-corrected chi connectivity index (χ3v) is 8.83. The maximum Gasteiger partial charge on any atom is 0.244 e. The summed E-state index contributed by atoms with van der Waals surface area (Å²) < 4.78 is -0.545. The number of unbranched alkanes of at least 4 members (excludes halogenated alkanes) is 2. The number of aliphatic hydroxyl groups excluding tert-OH is 1. The lowest BCUT2D eigenvalue weighted by Gasteiger charge is -2.34. The van der Waals surface area contributed by atoms with Gasteiger partial charge in [-0.15, -0.1) is 11.8 Å². The van der Waals surface area contributed by atoms with Gasteiger partial charge < -0.3 is 20.6 Å². The maximum absolute atomic E-state index is 13.7. The van der Waals surface area contributed by atoms with E-state index in [2.05, 4.69) is 10.6 Å². The van der Waals surface area contributed by atoms with Crippen LogP contribution in [0.1, 0.15) is 46.0 Å². The number of likely N-dealkylation sites (tertiary alicyclic amines) is 1. The molecule has 3 saturated heterocycles. The number of carbonyl (C=O) groups excluding carboxylic acids is 3. The van der Waals surface area contributed by atoms with E-state index in [0.29, 0.717) is 13.0 Å². The molecule has 1 aromatic rings. The first-order valence-corrected chi connectivity index (χ1v) is 12.5. The van der Waals surface area contributed by atoms with Crippen LogP contribution in [-0.2, 0) is 14.4 Å². The Morgan fingerprint density at radius 1 is 1.19 bits per heavy atom. The van der Waals surface area contributed by atoms with Gasteiger partial charge in [0.1, 0.15) is 6.04 Å². The molecule has 32 heavy (non-hydrogen) atoms. The summed E-state index contributed by atoms with van der Waals surface area (Å²) in [5, 5.41) is 15.2. The quantitative estimate of drug-likeness (QED) is 0.493. The standard InChI is InChI=1S/C24H33N3O4S/c1-15(2)25-22(30)20-24-12-11-17(32-24)18(21(29)26-16-9-5-3-6-10-16)19(24)23(31)27(20)13-7-4-8-14-28/h3,5-6,9-10,15,17-20,28H,4,7-8,11-14H2,1-2H3,(H,25,30)(H,26,29)/t17-,18+,19-,20?,24?/m0/s1. The van der Waals surface area contributed by atoms with Crippen LogP contribution in [-0.4, -0.2) is 63.0 Å². The Morgan fingerprint density at radius 3 is 2.62 bits per heavy atom. The van der Waals surface area contributed by atoms with Gasteiger partial charge in [0.25, 0.3) is 0 Å². The number of amides is 3. The van der Waals surface area contributed by atoms with E-state index in [9.17, 15) is 14.4 Å². The molecule has 3 aliphatic rings. The molecule has 174 valence electrons. The highest BCUT2D eigenvalue weighted by Gasteiger charge is 2.73. The molecule has 7 nitrogen and oxygen atoms in total. The lowest BCUT2D eigenvalue weighted by atomic mass is 9.70. The summed E-state index contributed by atoms with van der Waals surface area (Å²) in [7, 11) is 0. The van der Waals surface area contributed by atoms with Crippen molar-refractivity contribution in [2.45, 2.75) is 68.0 Å². The number of hydrogen-bond acceptors (Lipinski definition) is 5. The smallest absolute Gasteiger partial charge is 0.244 e. The van der Waals surface area contributed by atoms with Crippen LogP contribution in [0.25, 0.3) is 0 Å². The van der Waals surface area contributed by atoms with E-state index in [1.807, 2.05) is 44.2 Å². The molecule has 2 bridgehead atoms. The second kappa shape index (κ2) is 9.43. The van der Waals surface area contributed by atoms with Gasteiger partial charge in [-0.2, -0.15) is 0 Å². The number of aliphatic hydroxyl groups is 1. The summed E-state index contributed by atoms with van der Waals surface area (Å²) in [6, 6.07) is 8.74. The zero-order chi connectivity index (χ0) is 22.9. The number of para-hydroxylation sites is 1. The van der Waals surface area contributed by atoms with Crippen LogP contribution in [0.5, 0.6) is 0 Å². The van der Waals surface area contributed by atoms with Crippen molar-refractivity contribution < 1.29 is 19.5 Å². The van der Waals surface area contributed by atoms with Crippen molar-refractivity contribution in [2.24, 2.45) is 11.8 Å². The molecule has 3 amide bonds. The predicted octanol–water partition coefficient (Wildman–Crippen LogP) is 2.40. The number of hydrogen-bond donors (Lipinski definition) is 3. The molecular weight excluding hydrogens is 426 g/mol. The molecule has 2 unspecified atom stereocenters. The average molecular weight is 460 g/mol. The lowest BCUT2D eigenvalue weighted by Crippen LogP contribution is -2.54. The Labute approximate surface area is 193 Å². The van der Waals surface area contributed by atoms with Gasteiger partial charge in [0.2, 0.25) is 17.7 Å².